The van der Waals surface area contributed by atoms with Crippen molar-refractivity contribution in [1.29, 1.82) is 0 Å². The summed E-state index contributed by atoms with van der Waals surface area (Å²) < 4.78 is 4.72. The lowest BCUT2D eigenvalue weighted by atomic mass is 10.0. The van der Waals surface area contributed by atoms with Gasteiger partial charge in [-0.15, -0.1) is 0 Å². The first-order valence-corrected chi connectivity index (χ1v) is 16.1. The second kappa shape index (κ2) is 15.1. The molecule has 0 saturated carbocycles. The zero-order valence-corrected chi connectivity index (χ0v) is 27.5. The maximum atomic E-state index is 13.4. The Morgan fingerprint density at radius 1 is 0.979 bits per heavy atom. The van der Waals surface area contributed by atoms with E-state index in [-0.39, 0.29) is 17.7 Å². The minimum absolute atomic E-state index is 0.0192. The number of H-pyrrole nitrogens is 2. The molecule has 1 saturated heterocycles. The topological polar surface area (TPSA) is 162 Å². The van der Waals surface area contributed by atoms with Crippen molar-refractivity contribution >= 4 is 17.9 Å². The van der Waals surface area contributed by atoms with Crippen molar-refractivity contribution < 1.29 is 19.1 Å². The lowest BCUT2D eigenvalue weighted by Crippen LogP contribution is -2.51. The molecule has 12 heteroatoms. The fourth-order valence-electron chi connectivity index (χ4n) is 5.79. The summed E-state index contributed by atoms with van der Waals surface area (Å²) in [4.78, 5) is 56.8. The molecule has 2 atom stereocenters. The molecular formula is C35H44N8O4. The molecule has 5 rings (SSSR count). The van der Waals surface area contributed by atoms with E-state index in [1.165, 1.54) is 7.11 Å². The van der Waals surface area contributed by atoms with Gasteiger partial charge in [-0.05, 0) is 47.4 Å². The molecule has 0 radical (unpaired) electrons. The quantitative estimate of drug-likeness (QED) is 0.174. The Kier molecular flexibility index (Phi) is 10.7. The van der Waals surface area contributed by atoms with Crippen molar-refractivity contribution in [2.45, 2.75) is 65.2 Å². The fourth-order valence-corrected chi connectivity index (χ4v) is 5.79. The average molecular weight is 641 g/mol. The number of rotatable bonds is 12. The van der Waals surface area contributed by atoms with Crippen molar-refractivity contribution in [1.82, 2.24) is 35.1 Å². The Morgan fingerprint density at radius 2 is 1.53 bits per heavy atom. The van der Waals surface area contributed by atoms with Crippen molar-refractivity contribution in [2.24, 2.45) is 11.7 Å². The predicted molar refractivity (Wildman–Crippen MR) is 180 cm³/mol. The molecule has 0 unspecified atom stereocenters. The maximum Gasteiger partial charge on any atom is 0.407 e. The number of hydrogen-bond donors (Lipinski definition) is 4. The number of benzene rings is 2. The molecule has 3 amide bonds. The van der Waals surface area contributed by atoms with Crippen molar-refractivity contribution in [3.63, 3.8) is 0 Å². The van der Waals surface area contributed by atoms with E-state index >= 15 is 0 Å². The molecule has 248 valence electrons. The van der Waals surface area contributed by atoms with E-state index < -0.39 is 18.2 Å². The van der Waals surface area contributed by atoms with Crippen LogP contribution < -0.4 is 11.1 Å². The monoisotopic (exact) mass is 640 g/mol. The number of nitrogens with one attached hydrogen (secondary N) is 3. The highest BCUT2D eigenvalue weighted by atomic mass is 16.5. The van der Waals surface area contributed by atoms with Crippen LogP contribution in [0.3, 0.4) is 0 Å². The number of ether oxygens (including phenoxy) is 1. The summed E-state index contributed by atoms with van der Waals surface area (Å²) in [5.41, 5.74) is 11.8. The number of hydrogen-bond acceptors (Lipinski definition) is 7. The van der Waals surface area contributed by atoms with Crippen LogP contribution in [0, 0.1) is 5.92 Å². The second-order valence-corrected chi connectivity index (χ2v) is 12.3. The van der Waals surface area contributed by atoms with E-state index in [0.717, 1.165) is 58.7 Å². The summed E-state index contributed by atoms with van der Waals surface area (Å²) in [6.45, 7) is 7.74. The van der Waals surface area contributed by atoms with Crippen LogP contribution in [0.5, 0.6) is 0 Å². The molecule has 1 aliphatic rings. The van der Waals surface area contributed by atoms with E-state index in [9.17, 15) is 14.4 Å². The Morgan fingerprint density at radius 3 is 2.09 bits per heavy atom. The van der Waals surface area contributed by atoms with E-state index in [4.69, 9.17) is 10.5 Å². The van der Waals surface area contributed by atoms with Gasteiger partial charge in [0.25, 0.3) is 0 Å². The largest absolute Gasteiger partial charge is 0.453 e. The summed E-state index contributed by atoms with van der Waals surface area (Å²) >= 11 is 0. The van der Waals surface area contributed by atoms with E-state index in [1.54, 1.807) is 22.2 Å². The molecule has 3 heterocycles. The molecule has 0 spiro atoms. The predicted octanol–water partition coefficient (Wildman–Crippen LogP) is 4.70. The van der Waals surface area contributed by atoms with Crippen LogP contribution >= 0.6 is 0 Å². The van der Waals surface area contributed by atoms with E-state index in [0.29, 0.717) is 32.0 Å². The summed E-state index contributed by atoms with van der Waals surface area (Å²) in [6, 6.07) is 15.4. The minimum Gasteiger partial charge on any atom is -0.453 e. The number of imidazole rings is 2. The first kappa shape index (κ1) is 33.4. The van der Waals surface area contributed by atoms with Crippen LogP contribution in [-0.4, -0.2) is 79.9 Å². The van der Waals surface area contributed by atoms with E-state index in [2.05, 4.69) is 61.7 Å². The second-order valence-electron chi connectivity index (χ2n) is 12.3. The number of alkyl carbamates (subject to hydrolysis) is 1. The molecule has 1 aliphatic heterocycles. The summed E-state index contributed by atoms with van der Waals surface area (Å²) in [5, 5.41) is 2.67. The zero-order chi connectivity index (χ0) is 33.5. The highest BCUT2D eigenvalue weighted by Crippen LogP contribution is 2.27. The van der Waals surface area contributed by atoms with Gasteiger partial charge in [-0.25, -0.2) is 14.8 Å². The average Bonchev–Trinajstić information content (AvgIpc) is 3.75. The Labute approximate surface area is 275 Å². The van der Waals surface area contributed by atoms with E-state index in [1.807, 2.05) is 32.9 Å². The third kappa shape index (κ3) is 8.07. The third-order valence-electron chi connectivity index (χ3n) is 8.43. The van der Waals surface area contributed by atoms with Crippen molar-refractivity contribution in [3.8, 4) is 33.6 Å². The molecule has 47 heavy (non-hydrogen) atoms. The highest BCUT2D eigenvalue weighted by molar-refractivity contribution is 5.86. The number of aromatic nitrogens is 4. The normalized spacial score (nSPS) is 15.5. The van der Waals surface area contributed by atoms with Gasteiger partial charge in [0.1, 0.15) is 17.7 Å². The van der Waals surface area contributed by atoms with Crippen LogP contribution in [0.4, 0.5) is 4.79 Å². The number of methoxy groups -OCH3 is 1. The molecule has 5 N–H and O–H groups in total. The van der Waals surface area contributed by atoms with Gasteiger partial charge in [0.05, 0.1) is 50.0 Å². The molecule has 2 aromatic carbocycles. The van der Waals surface area contributed by atoms with Crippen LogP contribution in [0.25, 0.3) is 33.6 Å². The lowest BCUT2D eigenvalue weighted by molar-refractivity contribution is -0.136. The highest BCUT2D eigenvalue weighted by Gasteiger charge is 2.29. The van der Waals surface area contributed by atoms with Gasteiger partial charge in [0.2, 0.25) is 11.8 Å². The van der Waals surface area contributed by atoms with Crippen molar-refractivity contribution in [3.05, 3.63) is 72.6 Å². The lowest BCUT2D eigenvalue weighted by Gasteiger charge is -2.29. The standard InChI is InChI=1S/C35H44N8O4/c1-5-16-42(34(45)32(22(2)3)41-35(46)47-4)20-30-37-18-28(39-30)25-12-8-23(9-13-25)24-10-14-26(15-11-24)29-19-38-31(40-29)21-43-17-6-7-27(36)33(43)44/h8-15,18-19,22,27,32H,5-7,16-17,20-21,36H2,1-4H3,(H,37,39)(H,38,40)(H,41,46)/t27-,32+/m1/s1. The first-order chi connectivity index (χ1) is 22.7. The number of piperidine rings is 1. The molecule has 12 nitrogen and oxygen atoms in total. The van der Waals surface area contributed by atoms with Gasteiger partial charge in [0, 0.05) is 13.1 Å². The summed E-state index contributed by atoms with van der Waals surface area (Å²) in [6.07, 6.45) is 5.35. The van der Waals surface area contributed by atoms with Gasteiger partial charge in [-0.3, -0.25) is 9.59 Å². The van der Waals surface area contributed by atoms with Gasteiger partial charge < -0.3 is 35.6 Å². The SMILES string of the molecule is CCCN(Cc1ncc(-c2ccc(-c3ccc(-c4cnc(CN5CCC[C@@H](N)C5=O)[nH]4)cc3)cc2)[nH]1)C(=O)[C@@H](NC(=O)OC)C(C)C. The summed E-state index contributed by atoms with van der Waals surface area (Å²) in [5.74, 6) is 1.10. The van der Waals surface area contributed by atoms with Gasteiger partial charge in [-0.2, -0.15) is 0 Å². The smallest absolute Gasteiger partial charge is 0.407 e. The van der Waals surface area contributed by atoms with Crippen LogP contribution in [0.15, 0.2) is 60.9 Å². The number of nitrogens with two attached hydrogens (primary N) is 1. The number of likely N-dealkylation sites (tertiary alicyclic amines) is 1. The zero-order valence-electron chi connectivity index (χ0n) is 27.5. The molecule has 0 bridgehead atoms. The van der Waals surface area contributed by atoms with Crippen LogP contribution in [0.2, 0.25) is 0 Å². The third-order valence-corrected chi connectivity index (χ3v) is 8.43. The molecule has 4 aromatic rings. The minimum atomic E-state index is -0.696. The first-order valence-electron chi connectivity index (χ1n) is 16.1. The number of nitrogens with zero attached hydrogens (tertiary/aromatic N) is 4. The van der Waals surface area contributed by atoms with Crippen LogP contribution in [-0.2, 0) is 27.4 Å². The summed E-state index contributed by atoms with van der Waals surface area (Å²) in [7, 11) is 1.28. The molecular weight excluding hydrogens is 596 g/mol. The molecule has 2 aromatic heterocycles. The Bertz CT molecular complexity index is 1660. The maximum absolute atomic E-state index is 13.4. The van der Waals surface area contributed by atoms with Gasteiger partial charge >= 0.3 is 6.09 Å². The Hall–Kier alpha value is -4.97. The fraction of sp³-hybridized carbons (Fsp3) is 0.400. The number of amides is 3. The van der Waals surface area contributed by atoms with Crippen LogP contribution in [0.1, 0.15) is 51.7 Å². The van der Waals surface area contributed by atoms with Gasteiger partial charge in [-0.1, -0.05) is 69.3 Å². The number of aromatic amines is 2. The number of carbonyl (C=O) groups excluding carboxylic acids is 3. The number of carbonyl (C=O) groups is 3. The molecule has 0 aliphatic carbocycles. The van der Waals surface area contributed by atoms with Gasteiger partial charge in [0.15, 0.2) is 0 Å². The Balaban J connectivity index is 1.22. The molecule has 1 fully saturated rings. The van der Waals surface area contributed by atoms with Crippen molar-refractivity contribution in [2.75, 3.05) is 20.2 Å².